The minimum Gasteiger partial charge on any atom is -0.206 e. The van der Waals surface area contributed by atoms with E-state index < -0.39 is 20.0 Å². The van der Waals surface area contributed by atoms with Gasteiger partial charge in [0.15, 0.2) is 0 Å². The van der Waals surface area contributed by atoms with E-state index in [1.807, 2.05) is 25.1 Å². The normalized spacial score (nSPS) is 12.6. The Morgan fingerprint density at radius 3 is 2.00 bits per heavy atom. The Balaban J connectivity index is 1.91. The standard InChI is InChI=1S/C18H18N2O4S2/c1-14-7-10-17(11-8-14)25(21,22)19-20(2)26(23,24)18-12-9-15-5-3-4-6-16(15)13-18/h3-13,19H,1-2H3. The van der Waals surface area contributed by atoms with Crippen LogP contribution in [-0.4, -0.2) is 28.3 Å². The summed E-state index contributed by atoms with van der Waals surface area (Å²) in [6, 6.07) is 18.1. The fourth-order valence-corrected chi connectivity index (χ4v) is 4.93. The van der Waals surface area contributed by atoms with E-state index in [0.717, 1.165) is 23.4 Å². The molecule has 6 nitrogen and oxygen atoms in total. The van der Waals surface area contributed by atoms with Gasteiger partial charge in [-0.3, -0.25) is 0 Å². The van der Waals surface area contributed by atoms with E-state index in [1.165, 1.54) is 24.3 Å². The first-order valence-corrected chi connectivity index (χ1v) is 10.7. The van der Waals surface area contributed by atoms with Crippen LogP contribution in [0.4, 0.5) is 0 Å². The Bertz CT molecular complexity index is 1160. The molecule has 0 unspecified atom stereocenters. The van der Waals surface area contributed by atoms with Gasteiger partial charge in [-0.1, -0.05) is 48.0 Å². The van der Waals surface area contributed by atoms with E-state index >= 15 is 0 Å². The number of rotatable bonds is 5. The van der Waals surface area contributed by atoms with Gasteiger partial charge in [0.2, 0.25) is 0 Å². The number of nitrogens with one attached hydrogen (secondary N) is 1. The Kier molecular flexibility index (Phi) is 4.85. The molecule has 0 aliphatic heterocycles. The number of benzene rings is 3. The maximum Gasteiger partial charge on any atom is 0.256 e. The largest absolute Gasteiger partial charge is 0.256 e. The highest BCUT2D eigenvalue weighted by Crippen LogP contribution is 2.21. The van der Waals surface area contributed by atoms with Gasteiger partial charge in [0.1, 0.15) is 0 Å². The molecular weight excluding hydrogens is 372 g/mol. The van der Waals surface area contributed by atoms with Crippen LogP contribution in [0.25, 0.3) is 10.8 Å². The van der Waals surface area contributed by atoms with Crippen molar-refractivity contribution in [3.63, 3.8) is 0 Å². The van der Waals surface area contributed by atoms with E-state index in [0.29, 0.717) is 4.41 Å². The van der Waals surface area contributed by atoms with Gasteiger partial charge in [0.05, 0.1) is 9.79 Å². The Labute approximate surface area is 153 Å². The summed E-state index contributed by atoms with van der Waals surface area (Å²) in [5.41, 5.74) is 0.904. The first kappa shape index (κ1) is 18.5. The van der Waals surface area contributed by atoms with Crippen LogP contribution in [0.5, 0.6) is 0 Å². The lowest BCUT2D eigenvalue weighted by molar-refractivity contribution is 0.432. The summed E-state index contributed by atoms with van der Waals surface area (Å²) in [6.07, 6.45) is 0. The van der Waals surface area contributed by atoms with E-state index in [1.54, 1.807) is 24.3 Å². The molecule has 0 radical (unpaired) electrons. The molecule has 0 atom stereocenters. The third-order valence-corrected chi connectivity index (χ3v) is 7.14. The van der Waals surface area contributed by atoms with E-state index in [9.17, 15) is 16.8 Å². The highest BCUT2D eigenvalue weighted by atomic mass is 32.2. The van der Waals surface area contributed by atoms with Crippen molar-refractivity contribution < 1.29 is 16.8 Å². The van der Waals surface area contributed by atoms with Crippen molar-refractivity contribution in [1.29, 1.82) is 0 Å². The first-order valence-electron chi connectivity index (χ1n) is 7.77. The van der Waals surface area contributed by atoms with E-state index in [-0.39, 0.29) is 9.79 Å². The molecule has 0 bridgehead atoms. The predicted molar refractivity (Wildman–Crippen MR) is 100 cm³/mol. The summed E-state index contributed by atoms with van der Waals surface area (Å²) in [5.74, 6) is 0. The molecule has 26 heavy (non-hydrogen) atoms. The second-order valence-corrected chi connectivity index (χ2v) is 9.52. The molecule has 8 heteroatoms. The average molecular weight is 390 g/mol. The van der Waals surface area contributed by atoms with Gasteiger partial charge < -0.3 is 0 Å². The van der Waals surface area contributed by atoms with Crippen LogP contribution in [0.2, 0.25) is 0 Å². The smallest absolute Gasteiger partial charge is 0.206 e. The number of aryl methyl sites for hydroxylation is 1. The number of fused-ring (bicyclic) bond motifs is 1. The van der Waals surface area contributed by atoms with Crippen LogP contribution in [0, 0.1) is 6.92 Å². The van der Waals surface area contributed by atoms with E-state index in [2.05, 4.69) is 4.83 Å². The molecular formula is C18H18N2O4S2. The first-order chi connectivity index (χ1) is 12.2. The minimum atomic E-state index is -4.04. The monoisotopic (exact) mass is 390 g/mol. The van der Waals surface area contributed by atoms with Gasteiger partial charge in [0.25, 0.3) is 20.0 Å². The van der Waals surface area contributed by atoms with Crippen molar-refractivity contribution in [2.75, 3.05) is 7.05 Å². The van der Waals surface area contributed by atoms with Crippen LogP contribution in [0.15, 0.2) is 76.5 Å². The van der Waals surface area contributed by atoms with Crippen LogP contribution < -0.4 is 4.83 Å². The van der Waals surface area contributed by atoms with Gasteiger partial charge in [-0.2, -0.15) is 0 Å². The van der Waals surface area contributed by atoms with Gasteiger partial charge in [-0.25, -0.2) is 16.8 Å². The molecule has 0 saturated heterocycles. The Morgan fingerprint density at radius 2 is 1.35 bits per heavy atom. The zero-order chi connectivity index (χ0) is 18.9. The molecule has 0 spiro atoms. The summed E-state index contributed by atoms with van der Waals surface area (Å²) in [7, 11) is -6.89. The maximum absolute atomic E-state index is 12.7. The summed E-state index contributed by atoms with van der Waals surface area (Å²) in [6.45, 7) is 1.83. The van der Waals surface area contributed by atoms with Crippen LogP contribution in [0.3, 0.4) is 0 Å². The van der Waals surface area contributed by atoms with Crippen molar-refractivity contribution in [3.8, 4) is 0 Å². The van der Waals surface area contributed by atoms with Gasteiger partial charge in [-0.15, -0.1) is 9.25 Å². The van der Waals surface area contributed by atoms with Crippen LogP contribution in [-0.2, 0) is 20.0 Å². The maximum atomic E-state index is 12.7. The molecule has 3 aromatic carbocycles. The summed E-state index contributed by atoms with van der Waals surface area (Å²) >= 11 is 0. The lowest BCUT2D eigenvalue weighted by Gasteiger charge is -2.18. The Hall–Kier alpha value is -2.26. The summed E-state index contributed by atoms with van der Waals surface area (Å²) < 4.78 is 50.9. The van der Waals surface area contributed by atoms with Crippen LogP contribution in [0.1, 0.15) is 5.56 Å². The molecule has 0 aromatic heterocycles. The van der Waals surface area contributed by atoms with Crippen molar-refractivity contribution >= 4 is 30.8 Å². The van der Waals surface area contributed by atoms with Crippen LogP contribution >= 0.6 is 0 Å². The SMILES string of the molecule is Cc1ccc(S(=O)(=O)NN(C)S(=O)(=O)c2ccc3ccccc3c2)cc1. The number of hydrazine groups is 1. The Morgan fingerprint density at radius 1 is 0.769 bits per heavy atom. The number of hydrogen-bond donors (Lipinski definition) is 1. The number of nitrogens with zero attached hydrogens (tertiary/aromatic N) is 1. The van der Waals surface area contributed by atoms with Gasteiger partial charge >= 0.3 is 0 Å². The third-order valence-electron chi connectivity index (χ3n) is 3.96. The second-order valence-electron chi connectivity index (χ2n) is 5.89. The molecule has 0 aliphatic rings. The summed E-state index contributed by atoms with van der Waals surface area (Å²) in [4.78, 5) is 2.09. The van der Waals surface area contributed by atoms with Crippen molar-refractivity contribution in [3.05, 3.63) is 72.3 Å². The highest BCUT2D eigenvalue weighted by molar-refractivity contribution is 7.92. The molecule has 136 valence electrons. The van der Waals surface area contributed by atoms with Crippen molar-refractivity contribution in [2.45, 2.75) is 16.7 Å². The lowest BCUT2D eigenvalue weighted by Crippen LogP contribution is -2.43. The number of sulfonamides is 2. The minimum absolute atomic E-state index is 0.00491. The van der Waals surface area contributed by atoms with Gasteiger partial charge in [-0.05, 0) is 42.0 Å². The topological polar surface area (TPSA) is 83.6 Å². The second kappa shape index (κ2) is 6.81. The van der Waals surface area contributed by atoms with Crippen molar-refractivity contribution in [1.82, 2.24) is 9.25 Å². The highest BCUT2D eigenvalue weighted by Gasteiger charge is 2.26. The molecule has 0 saturated carbocycles. The molecule has 3 aromatic rings. The zero-order valence-corrected chi connectivity index (χ0v) is 15.9. The fraction of sp³-hybridized carbons (Fsp3) is 0.111. The fourth-order valence-electron chi connectivity index (χ4n) is 2.47. The molecule has 0 fully saturated rings. The lowest BCUT2D eigenvalue weighted by atomic mass is 10.1. The van der Waals surface area contributed by atoms with Gasteiger partial charge in [0, 0.05) is 7.05 Å². The number of hydrogen-bond acceptors (Lipinski definition) is 4. The third kappa shape index (κ3) is 3.63. The van der Waals surface area contributed by atoms with E-state index in [4.69, 9.17) is 0 Å². The molecule has 3 rings (SSSR count). The quantitative estimate of drug-likeness (QED) is 0.679. The molecule has 0 aliphatic carbocycles. The van der Waals surface area contributed by atoms with Crippen molar-refractivity contribution in [2.24, 2.45) is 0 Å². The predicted octanol–water partition coefficient (Wildman–Crippen LogP) is 2.66. The molecule has 0 amide bonds. The average Bonchev–Trinajstić information content (AvgIpc) is 2.61. The zero-order valence-electron chi connectivity index (χ0n) is 14.2. The summed E-state index contributed by atoms with van der Waals surface area (Å²) in [5, 5.41) is 1.65. The molecule has 0 heterocycles. The molecule has 1 N–H and O–H groups in total.